The van der Waals surface area contributed by atoms with Crippen LogP contribution in [0.1, 0.15) is 6.92 Å². The number of aryl methyl sites for hydroxylation is 1. The maximum Gasteiger partial charge on any atom is 0.321 e. The summed E-state index contributed by atoms with van der Waals surface area (Å²) in [6.07, 6.45) is 1.30. The Kier molecular flexibility index (Phi) is 3.81. The molecule has 8 heteroatoms. The molecule has 0 aliphatic carbocycles. The number of hydrogen-bond donors (Lipinski definition) is 3. The highest BCUT2D eigenvalue weighted by Gasteiger charge is 2.12. The Morgan fingerprint density at radius 2 is 2.31 bits per heavy atom. The molecule has 1 aromatic rings. The first-order valence-electron chi connectivity index (χ1n) is 4.62. The minimum Gasteiger partial charge on any atom is -0.481 e. The smallest absolute Gasteiger partial charge is 0.321 e. The molecule has 1 aromatic heterocycles. The van der Waals surface area contributed by atoms with Crippen LogP contribution in [0.5, 0.6) is 0 Å². The van der Waals surface area contributed by atoms with Crippen molar-refractivity contribution < 1.29 is 14.7 Å². The number of carboxylic acid groups (broad SMARTS) is 1. The van der Waals surface area contributed by atoms with E-state index in [2.05, 4.69) is 20.7 Å². The first-order chi connectivity index (χ1) is 7.50. The molecular formula is C8H13N5O3. The first kappa shape index (κ1) is 12.0. The Morgan fingerprint density at radius 1 is 1.62 bits per heavy atom. The van der Waals surface area contributed by atoms with Crippen LogP contribution in [0.3, 0.4) is 0 Å². The molecule has 3 N–H and O–H groups in total. The zero-order chi connectivity index (χ0) is 12.1. The van der Waals surface area contributed by atoms with E-state index in [1.165, 1.54) is 17.9 Å². The van der Waals surface area contributed by atoms with Crippen LogP contribution in [-0.2, 0) is 11.8 Å². The number of carbonyl (C=O) groups excluding carboxylic acids is 1. The highest BCUT2D eigenvalue weighted by Crippen LogP contribution is 1.97. The highest BCUT2D eigenvalue weighted by atomic mass is 16.4. The Bertz CT molecular complexity index is 389. The van der Waals surface area contributed by atoms with Gasteiger partial charge in [-0.3, -0.25) is 10.1 Å². The van der Waals surface area contributed by atoms with Crippen LogP contribution < -0.4 is 10.6 Å². The van der Waals surface area contributed by atoms with Gasteiger partial charge in [0, 0.05) is 13.6 Å². The highest BCUT2D eigenvalue weighted by molar-refractivity contribution is 5.87. The third-order valence-corrected chi connectivity index (χ3v) is 1.93. The van der Waals surface area contributed by atoms with Crippen molar-refractivity contribution in [2.24, 2.45) is 13.0 Å². The quantitative estimate of drug-likeness (QED) is 0.651. The van der Waals surface area contributed by atoms with E-state index in [1.54, 1.807) is 7.05 Å². The number of hydrogen-bond acceptors (Lipinski definition) is 4. The fourth-order valence-corrected chi connectivity index (χ4v) is 0.888. The van der Waals surface area contributed by atoms with E-state index in [0.29, 0.717) is 5.95 Å². The maximum atomic E-state index is 11.3. The summed E-state index contributed by atoms with van der Waals surface area (Å²) in [5.74, 6) is -1.30. The van der Waals surface area contributed by atoms with Gasteiger partial charge in [0.15, 0.2) is 0 Å². The second-order valence-corrected chi connectivity index (χ2v) is 3.28. The Balaban J connectivity index is 2.37. The van der Waals surface area contributed by atoms with E-state index in [1.807, 2.05) is 0 Å². The number of nitrogens with one attached hydrogen (secondary N) is 2. The van der Waals surface area contributed by atoms with Crippen molar-refractivity contribution in [3.05, 3.63) is 6.33 Å². The largest absolute Gasteiger partial charge is 0.481 e. The topological polar surface area (TPSA) is 109 Å². The monoisotopic (exact) mass is 227 g/mol. The molecule has 0 spiro atoms. The summed E-state index contributed by atoms with van der Waals surface area (Å²) in [5.41, 5.74) is 0. The van der Waals surface area contributed by atoms with E-state index in [0.717, 1.165) is 0 Å². The van der Waals surface area contributed by atoms with Gasteiger partial charge in [-0.1, -0.05) is 6.92 Å². The number of carbonyl (C=O) groups is 2. The van der Waals surface area contributed by atoms with E-state index in [4.69, 9.17) is 5.11 Å². The number of nitrogens with zero attached hydrogens (tertiary/aromatic N) is 3. The predicted octanol–water partition coefficient (Wildman–Crippen LogP) is -0.343. The lowest BCUT2D eigenvalue weighted by Crippen LogP contribution is -2.35. The van der Waals surface area contributed by atoms with Crippen molar-refractivity contribution in [3.8, 4) is 0 Å². The summed E-state index contributed by atoms with van der Waals surface area (Å²) in [7, 11) is 1.63. The SMILES string of the molecule is CC(CNC(=O)Nc1ncnn1C)C(=O)O. The molecule has 1 rings (SSSR count). The molecule has 0 bridgehead atoms. The molecule has 8 nitrogen and oxygen atoms in total. The number of aliphatic carboxylic acids is 1. The Morgan fingerprint density at radius 3 is 2.81 bits per heavy atom. The van der Waals surface area contributed by atoms with Crippen molar-refractivity contribution in [1.82, 2.24) is 20.1 Å². The van der Waals surface area contributed by atoms with Gasteiger partial charge in [-0.2, -0.15) is 10.1 Å². The molecule has 0 fully saturated rings. The fraction of sp³-hybridized carbons (Fsp3) is 0.500. The predicted molar refractivity (Wildman–Crippen MR) is 54.8 cm³/mol. The van der Waals surface area contributed by atoms with Crippen molar-refractivity contribution in [3.63, 3.8) is 0 Å². The summed E-state index contributed by atoms with van der Waals surface area (Å²) < 4.78 is 1.39. The minimum absolute atomic E-state index is 0.0546. The fourth-order valence-electron chi connectivity index (χ4n) is 0.888. The molecule has 0 radical (unpaired) electrons. The second kappa shape index (κ2) is 5.10. The van der Waals surface area contributed by atoms with Crippen molar-refractivity contribution in [2.45, 2.75) is 6.92 Å². The molecule has 1 heterocycles. The zero-order valence-electron chi connectivity index (χ0n) is 8.97. The number of amides is 2. The normalized spacial score (nSPS) is 11.9. The first-order valence-corrected chi connectivity index (χ1v) is 4.62. The summed E-state index contributed by atoms with van der Waals surface area (Å²) >= 11 is 0. The van der Waals surface area contributed by atoms with Gasteiger partial charge in [0.1, 0.15) is 6.33 Å². The molecule has 0 aliphatic heterocycles. The maximum absolute atomic E-state index is 11.3. The Labute approximate surface area is 91.7 Å². The zero-order valence-corrected chi connectivity index (χ0v) is 8.97. The molecular weight excluding hydrogens is 214 g/mol. The summed E-state index contributed by atoms with van der Waals surface area (Å²) in [6, 6.07) is -0.510. The van der Waals surface area contributed by atoms with Crippen molar-refractivity contribution in [1.29, 1.82) is 0 Å². The Hall–Kier alpha value is -2.12. The number of rotatable bonds is 4. The average molecular weight is 227 g/mol. The van der Waals surface area contributed by atoms with Crippen LogP contribution in [-0.4, -0.2) is 38.4 Å². The van der Waals surface area contributed by atoms with Crippen LogP contribution in [0.15, 0.2) is 6.33 Å². The summed E-state index contributed by atoms with van der Waals surface area (Å²) in [6.45, 7) is 1.56. The molecule has 0 aliphatic rings. The molecule has 2 amide bonds. The van der Waals surface area contributed by atoms with Crippen molar-refractivity contribution >= 4 is 17.9 Å². The molecule has 0 aromatic carbocycles. The number of carboxylic acids is 1. The number of urea groups is 1. The molecule has 1 atom stereocenters. The lowest BCUT2D eigenvalue weighted by Gasteiger charge is -2.08. The summed E-state index contributed by atoms with van der Waals surface area (Å²) in [4.78, 5) is 25.6. The molecule has 1 unspecified atom stereocenters. The van der Waals surface area contributed by atoms with Crippen LogP contribution >= 0.6 is 0 Å². The van der Waals surface area contributed by atoms with Gasteiger partial charge in [-0.25, -0.2) is 9.48 Å². The molecule has 88 valence electrons. The van der Waals surface area contributed by atoms with E-state index >= 15 is 0 Å². The molecule has 0 saturated carbocycles. The van der Waals surface area contributed by atoms with Gasteiger partial charge in [-0.05, 0) is 0 Å². The van der Waals surface area contributed by atoms with E-state index in [-0.39, 0.29) is 6.54 Å². The van der Waals surface area contributed by atoms with Crippen molar-refractivity contribution in [2.75, 3.05) is 11.9 Å². The molecule has 0 saturated heterocycles. The van der Waals surface area contributed by atoms with Crippen LogP contribution in [0, 0.1) is 5.92 Å². The third kappa shape index (κ3) is 3.23. The summed E-state index contributed by atoms with van der Waals surface area (Å²) in [5, 5.41) is 17.2. The van der Waals surface area contributed by atoms with Gasteiger partial charge in [-0.15, -0.1) is 0 Å². The average Bonchev–Trinajstić information content (AvgIpc) is 2.60. The van der Waals surface area contributed by atoms with E-state index < -0.39 is 17.9 Å². The van der Waals surface area contributed by atoms with Gasteiger partial charge in [0.05, 0.1) is 5.92 Å². The number of anilines is 1. The lowest BCUT2D eigenvalue weighted by atomic mass is 10.2. The van der Waals surface area contributed by atoms with Gasteiger partial charge in [0.25, 0.3) is 0 Å². The van der Waals surface area contributed by atoms with Crippen LogP contribution in [0.2, 0.25) is 0 Å². The van der Waals surface area contributed by atoms with Gasteiger partial charge >= 0.3 is 12.0 Å². The van der Waals surface area contributed by atoms with Crippen LogP contribution in [0.4, 0.5) is 10.7 Å². The van der Waals surface area contributed by atoms with Gasteiger partial charge < -0.3 is 10.4 Å². The second-order valence-electron chi connectivity index (χ2n) is 3.28. The van der Waals surface area contributed by atoms with Gasteiger partial charge in [0.2, 0.25) is 5.95 Å². The molecule has 16 heavy (non-hydrogen) atoms. The van der Waals surface area contributed by atoms with E-state index in [9.17, 15) is 9.59 Å². The minimum atomic E-state index is -0.959. The third-order valence-electron chi connectivity index (χ3n) is 1.93. The van der Waals surface area contributed by atoms with Crippen LogP contribution in [0.25, 0.3) is 0 Å². The standard InChI is InChI=1S/C8H13N5O3/c1-5(6(14)15)3-9-8(16)12-7-10-4-11-13(7)2/h4-5H,3H2,1-2H3,(H,14,15)(H2,9,10,11,12,16). The lowest BCUT2D eigenvalue weighted by molar-refractivity contribution is -0.140. The number of aromatic nitrogens is 3.